The Morgan fingerprint density at radius 1 is 1.40 bits per heavy atom. The second-order valence-corrected chi connectivity index (χ2v) is 6.79. The third-order valence-corrected chi connectivity index (χ3v) is 4.07. The summed E-state index contributed by atoms with van der Waals surface area (Å²) in [5.74, 6) is 0. The minimum Gasteiger partial charge on any atom is -0.388 e. The van der Waals surface area contributed by atoms with Crippen molar-refractivity contribution in [3.63, 3.8) is 0 Å². The molecule has 0 amide bonds. The van der Waals surface area contributed by atoms with Crippen molar-refractivity contribution in [3.05, 3.63) is 18.0 Å². The van der Waals surface area contributed by atoms with Gasteiger partial charge in [0.2, 0.25) is 0 Å². The van der Waals surface area contributed by atoms with Crippen LogP contribution in [-0.2, 0) is 6.42 Å². The lowest BCUT2D eigenvalue weighted by Crippen LogP contribution is -2.42. The molecule has 1 aliphatic rings. The molecule has 0 aromatic carbocycles. The Kier molecular flexibility index (Phi) is 5.22. The molecule has 2 N–H and O–H groups in total. The SMILES string of the molecule is CC(C)NCC(C)(O)Cc1ccn(C2CCCCC2)n1. The van der Waals surface area contributed by atoms with E-state index in [4.69, 9.17) is 0 Å². The monoisotopic (exact) mass is 279 g/mol. The number of hydrogen-bond acceptors (Lipinski definition) is 3. The summed E-state index contributed by atoms with van der Waals surface area (Å²) in [6, 6.07) is 3.01. The Balaban J connectivity index is 1.91. The van der Waals surface area contributed by atoms with Crippen molar-refractivity contribution in [2.24, 2.45) is 0 Å². The van der Waals surface area contributed by atoms with Crippen LogP contribution in [0.4, 0.5) is 0 Å². The van der Waals surface area contributed by atoms with E-state index in [1.807, 2.05) is 6.92 Å². The first-order valence-electron chi connectivity index (χ1n) is 7.96. The molecular formula is C16H29N3O. The van der Waals surface area contributed by atoms with Gasteiger partial charge >= 0.3 is 0 Å². The molecule has 2 rings (SSSR count). The molecule has 1 fully saturated rings. The maximum Gasteiger partial charge on any atom is 0.0799 e. The summed E-state index contributed by atoms with van der Waals surface area (Å²) in [7, 11) is 0. The van der Waals surface area contributed by atoms with Gasteiger partial charge in [-0.25, -0.2) is 0 Å². The first-order valence-corrected chi connectivity index (χ1v) is 7.96. The molecule has 1 atom stereocenters. The second kappa shape index (κ2) is 6.72. The van der Waals surface area contributed by atoms with Crippen LogP contribution in [0.25, 0.3) is 0 Å². The highest BCUT2D eigenvalue weighted by Gasteiger charge is 2.23. The number of hydrogen-bond donors (Lipinski definition) is 2. The summed E-state index contributed by atoms with van der Waals surface area (Å²) in [5.41, 5.74) is 0.252. The molecule has 0 spiro atoms. The van der Waals surface area contributed by atoms with E-state index in [2.05, 4.69) is 41.2 Å². The van der Waals surface area contributed by atoms with Gasteiger partial charge in [0.15, 0.2) is 0 Å². The van der Waals surface area contributed by atoms with E-state index in [9.17, 15) is 5.11 Å². The van der Waals surface area contributed by atoms with Gasteiger partial charge in [0.25, 0.3) is 0 Å². The predicted molar refractivity (Wildman–Crippen MR) is 81.8 cm³/mol. The lowest BCUT2D eigenvalue weighted by Gasteiger charge is -2.24. The van der Waals surface area contributed by atoms with Crippen molar-refractivity contribution >= 4 is 0 Å². The second-order valence-electron chi connectivity index (χ2n) is 6.79. The van der Waals surface area contributed by atoms with Crippen LogP contribution in [0.1, 0.15) is 64.6 Å². The molecule has 1 saturated carbocycles. The van der Waals surface area contributed by atoms with Crippen LogP contribution in [0, 0.1) is 0 Å². The van der Waals surface area contributed by atoms with Crippen LogP contribution in [0.5, 0.6) is 0 Å². The first kappa shape index (κ1) is 15.5. The lowest BCUT2D eigenvalue weighted by molar-refractivity contribution is 0.0569. The van der Waals surface area contributed by atoms with Gasteiger partial charge in [-0.1, -0.05) is 33.1 Å². The Bertz CT molecular complexity index is 406. The smallest absolute Gasteiger partial charge is 0.0799 e. The average Bonchev–Trinajstić information content (AvgIpc) is 2.85. The highest BCUT2D eigenvalue weighted by molar-refractivity contribution is 5.04. The number of aliphatic hydroxyl groups is 1. The quantitative estimate of drug-likeness (QED) is 0.842. The minimum atomic E-state index is -0.740. The van der Waals surface area contributed by atoms with Gasteiger partial charge in [-0.2, -0.15) is 5.10 Å². The molecule has 0 radical (unpaired) electrons. The Morgan fingerprint density at radius 2 is 2.10 bits per heavy atom. The summed E-state index contributed by atoms with van der Waals surface area (Å²) in [5, 5.41) is 18.4. The number of aromatic nitrogens is 2. The van der Waals surface area contributed by atoms with Gasteiger partial charge in [0.05, 0.1) is 17.3 Å². The standard InChI is InChI=1S/C16H29N3O/c1-13(2)17-12-16(3,20)11-14-9-10-19(18-14)15-7-5-4-6-8-15/h9-10,13,15,17,20H,4-8,11-12H2,1-3H3. The van der Waals surface area contributed by atoms with Crippen molar-refractivity contribution in [2.45, 2.75) is 77.0 Å². The van der Waals surface area contributed by atoms with Crippen LogP contribution >= 0.6 is 0 Å². The van der Waals surface area contributed by atoms with Crippen LogP contribution in [0.2, 0.25) is 0 Å². The molecule has 1 aromatic heterocycles. The van der Waals surface area contributed by atoms with Crippen LogP contribution < -0.4 is 5.32 Å². The minimum absolute atomic E-state index is 0.390. The third-order valence-electron chi connectivity index (χ3n) is 4.07. The highest BCUT2D eigenvalue weighted by Crippen LogP contribution is 2.27. The zero-order valence-electron chi connectivity index (χ0n) is 13.1. The Labute approximate surface area is 122 Å². The summed E-state index contributed by atoms with van der Waals surface area (Å²) < 4.78 is 2.11. The van der Waals surface area contributed by atoms with Gasteiger partial charge in [-0.15, -0.1) is 0 Å². The molecule has 4 heteroatoms. The van der Waals surface area contributed by atoms with Crippen LogP contribution in [0.15, 0.2) is 12.3 Å². The third kappa shape index (κ3) is 4.60. The molecule has 20 heavy (non-hydrogen) atoms. The van der Waals surface area contributed by atoms with Crippen molar-refractivity contribution in [1.29, 1.82) is 0 Å². The first-order chi connectivity index (χ1) is 9.46. The molecular weight excluding hydrogens is 250 g/mol. The van der Waals surface area contributed by atoms with Crippen molar-refractivity contribution in [2.75, 3.05) is 6.54 Å². The van der Waals surface area contributed by atoms with E-state index < -0.39 is 5.60 Å². The fourth-order valence-corrected chi connectivity index (χ4v) is 2.90. The van der Waals surface area contributed by atoms with Gasteiger partial charge < -0.3 is 10.4 Å². The summed E-state index contributed by atoms with van der Waals surface area (Å²) in [6.45, 7) is 6.66. The van der Waals surface area contributed by atoms with E-state index >= 15 is 0 Å². The molecule has 1 aromatic rings. The maximum absolute atomic E-state index is 10.4. The highest BCUT2D eigenvalue weighted by atomic mass is 16.3. The van der Waals surface area contributed by atoms with E-state index in [1.54, 1.807) is 0 Å². The predicted octanol–water partition coefficient (Wildman–Crippen LogP) is 2.68. The zero-order chi connectivity index (χ0) is 14.6. The van der Waals surface area contributed by atoms with E-state index in [-0.39, 0.29) is 0 Å². The Morgan fingerprint density at radius 3 is 2.75 bits per heavy atom. The molecule has 0 aliphatic heterocycles. The van der Waals surface area contributed by atoms with Crippen molar-refractivity contribution in [3.8, 4) is 0 Å². The summed E-state index contributed by atoms with van der Waals surface area (Å²) >= 11 is 0. The van der Waals surface area contributed by atoms with Crippen LogP contribution in [0.3, 0.4) is 0 Å². The van der Waals surface area contributed by atoms with E-state index in [0.717, 1.165) is 5.69 Å². The number of rotatable bonds is 6. The topological polar surface area (TPSA) is 50.1 Å². The number of nitrogens with one attached hydrogen (secondary N) is 1. The van der Waals surface area contributed by atoms with E-state index in [1.165, 1.54) is 32.1 Å². The summed E-state index contributed by atoms with van der Waals surface area (Å²) in [4.78, 5) is 0. The molecule has 1 aliphatic carbocycles. The summed E-state index contributed by atoms with van der Waals surface area (Å²) in [6.07, 6.45) is 9.16. The van der Waals surface area contributed by atoms with E-state index in [0.29, 0.717) is 25.0 Å². The molecule has 1 unspecified atom stereocenters. The van der Waals surface area contributed by atoms with Gasteiger partial charge in [-0.3, -0.25) is 4.68 Å². The average molecular weight is 279 g/mol. The van der Waals surface area contributed by atoms with Gasteiger partial charge in [-0.05, 0) is 25.8 Å². The molecule has 114 valence electrons. The van der Waals surface area contributed by atoms with Gasteiger partial charge in [0, 0.05) is 25.2 Å². The van der Waals surface area contributed by atoms with Crippen molar-refractivity contribution < 1.29 is 5.11 Å². The zero-order valence-corrected chi connectivity index (χ0v) is 13.1. The molecule has 0 saturated heterocycles. The fourth-order valence-electron chi connectivity index (χ4n) is 2.90. The van der Waals surface area contributed by atoms with Crippen LogP contribution in [-0.4, -0.2) is 33.1 Å². The molecule has 0 bridgehead atoms. The Hall–Kier alpha value is -0.870. The normalized spacial score (nSPS) is 20.2. The number of nitrogens with zero attached hydrogens (tertiary/aromatic N) is 2. The van der Waals surface area contributed by atoms with Gasteiger partial charge in [0.1, 0.15) is 0 Å². The lowest BCUT2D eigenvalue weighted by atomic mass is 9.96. The fraction of sp³-hybridized carbons (Fsp3) is 0.812. The van der Waals surface area contributed by atoms with Crippen molar-refractivity contribution in [1.82, 2.24) is 15.1 Å². The molecule has 1 heterocycles. The largest absolute Gasteiger partial charge is 0.388 e. The molecule has 4 nitrogen and oxygen atoms in total. The maximum atomic E-state index is 10.4.